The van der Waals surface area contributed by atoms with Gasteiger partial charge in [0.2, 0.25) is 15.9 Å². The lowest BCUT2D eigenvalue weighted by atomic mass is 10.1. The highest BCUT2D eigenvalue weighted by Gasteiger charge is 2.14. The van der Waals surface area contributed by atoms with Crippen LogP contribution >= 0.6 is 11.6 Å². The average Bonchev–Trinajstić information content (AvgIpc) is 3.42. The third-order valence-electron chi connectivity index (χ3n) is 5.62. The van der Waals surface area contributed by atoms with Crippen LogP contribution in [0.25, 0.3) is 27.9 Å². The van der Waals surface area contributed by atoms with Crippen molar-refractivity contribution >= 4 is 61.4 Å². The highest BCUT2D eigenvalue weighted by atomic mass is 35.5. The molecular weight excluding hydrogens is 488 g/mol. The van der Waals surface area contributed by atoms with E-state index in [-0.39, 0.29) is 17.6 Å². The highest BCUT2D eigenvalue weighted by molar-refractivity contribution is 7.90. The molecule has 0 saturated heterocycles. The summed E-state index contributed by atoms with van der Waals surface area (Å²) in [6.07, 6.45) is 7.38. The molecule has 2 aromatic carbocycles. The summed E-state index contributed by atoms with van der Waals surface area (Å²) >= 11 is 5.96. The quantitative estimate of drug-likeness (QED) is 0.344. The number of fused-ring (bicyclic) bond motifs is 2. The molecule has 0 fully saturated rings. The monoisotopic (exact) mass is 514 g/mol. The van der Waals surface area contributed by atoms with E-state index in [1.54, 1.807) is 60.3 Å². The van der Waals surface area contributed by atoms with Gasteiger partial charge in [0, 0.05) is 35.1 Å². The molecule has 0 aliphatic heterocycles. The zero-order chi connectivity index (χ0) is 25.8. The number of hydrogen-bond acceptors (Lipinski definition) is 4. The summed E-state index contributed by atoms with van der Waals surface area (Å²) < 4.78 is 28.3. The van der Waals surface area contributed by atoms with Crippen LogP contribution in [-0.2, 0) is 14.8 Å². The van der Waals surface area contributed by atoms with Crippen LogP contribution in [0.5, 0.6) is 0 Å². The number of benzene rings is 2. The van der Waals surface area contributed by atoms with Crippen molar-refractivity contribution in [1.29, 1.82) is 0 Å². The van der Waals surface area contributed by atoms with Crippen molar-refractivity contribution in [3.8, 4) is 0 Å². The molecular formula is C26H27ClN2O5S. The van der Waals surface area contributed by atoms with E-state index in [0.29, 0.717) is 10.5 Å². The molecule has 0 aliphatic rings. The predicted molar refractivity (Wildman–Crippen MR) is 140 cm³/mol. The molecule has 1 atom stereocenters. The summed E-state index contributed by atoms with van der Waals surface area (Å²) in [6, 6.07) is 14.3. The third kappa shape index (κ3) is 6.21. The number of nitrogens with zero attached hydrogens (tertiary/aromatic N) is 2. The van der Waals surface area contributed by atoms with Crippen molar-refractivity contribution in [2.24, 2.45) is 5.92 Å². The van der Waals surface area contributed by atoms with Gasteiger partial charge in [0.1, 0.15) is 0 Å². The molecule has 7 nitrogen and oxygen atoms in total. The number of rotatable bonds is 6. The van der Waals surface area contributed by atoms with Gasteiger partial charge in [-0.15, -0.1) is 0 Å². The topological polar surface area (TPSA) is 98.4 Å². The lowest BCUT2D eigenvalue weighted by molar-refractivity contribution is -0.141. The van der Waals surface area contributed by atoms with Crippen molar-refractivity contribution in [2.75, 3.05) is 5.75 Å². The third-order valence-corrected chi connectivity index (χ3v) is 7.39. The van der Waals surface area contributed by atoms with E-state index in [1.807, 2.05) is 31.2 Å². The van der Waals surface area contributed by atoms with Crippen LogP contribution in [0.3, 0.4) is 0 Å². The predicted octanol–water partition coefficient (Wildman–Crippen LogP) is 5.92. The second-order valence-electron chi connectivity index (χ2n) is 8.17. The van der Waals surface area contributed by atoms with Gasteiger partial charge in [0.05, 0.1) is 22.7 Å². The minimum atomic E-state index is -3.54. The number of aromatic nitrogens is 2. The molecule has 0 saturated carbocycles. The summed E-state index contributed by atoms with van der Waals surface area (Å²) in [6.45, 7) is 5.07. The van der Waals surface area contributed by atoms with Gasteiger partial charge in [0.25, 0.3) is 0 Å². The lowest BCUT2D eigenvalue weighted by Crippen LogP contribution is -2.14. The van der Waals surface area contributed by atoms with Crippen LogP contribution in [0, 0.1) is 5.92 Å². The maximum absolute atomic E-state index is 12.7. The van der Waals surface area contributed by atoms with Gasteiger partial charge in [-0.1, -0.05) is 43.7 Å². The molecule has 9 heteroatoms. The Labute approximate surface area is 209 Å². The van der Waals surface area contributed by atoms with Crippen LogP contribution in [0.4, 0.5) is 0 Å². The number of carbonyl (C=O) groups is 2. The minimum absolute atomic E-state index is 0.0513. The van der Waals surface area contributed by atoms with E-state index < -0.39 is 16.0 Å². The molecule has 1 unspecified atom stereocenters. The van der Waals surface area contributed by atoms with Gasteiger partial charge >= 0.3 is 5.97 Å². The first-order valence-electron chi connectivity index (χ1n) is 11.0. The Bertz CT molecular complexity index is 1520. The van der Waals surface area contributed by atoms with E-state index in [0.717, 1.165) is 28.3 Å². The number of carbonyl (C=O) groups excluding carboxylic acids is 1. The second-order valence-corrected chi connectivity index (χ2v) is 10.5. The first-order chi connectivity index (χ1) is 16.5. The Hall–Kier alpha value is -3.36. The number of halogens is 1. The molecule has 184 valence electrons. The van der Waals surface area contributed by atoms with E-state index in [2.05, 4.69) is 0 Å². The van der Waals surface area contributed by atoms with Gasteiger partial charge in [-0.3, -0.25) is 14.2 Å². The fourth-order valence-electron chi connectivity index (χ4n) is 3.43. The van der Waals surface area contributed by atoms with Crippen molar-refractivity contribution in [3.63, 3.8) is 0 Å². The summed E-state index contributed by atoms with van der Waals surface area (Å²) in [5.41, 5.74) is 2.30. The maximum atomic E-state index is 12.7. The van der Waals surface area contributed by atoms with Crippen molar-refractivity contribution in [2.45, 2.75) is 27.2 Å². The van der Waals surface area contributed by atoms with E-state index in [9.17, 15) is 18.0 Å². The molecule has 4 rings (SSSR count). The molecule has 2 aromatic heterocycles. The van der Waals surface area contributed by atoms with Crippen LogP contribution in [-0.4, -0.2) is 39.7 Å². The first-order valence-corrected chi connectivity index (χ1v) is 13.0. The van der Waals surface area contributed by atoms with Gasteiger partial charge < -0.3 is 5.11 Å². The fraction of sp³-hybridized carbons (Fsp3) is 0.231. The molecule has 0 spiro atoms. The highest BCUT2D eigenvalue weighted by Crippen LogP contribution is 2.22. The van der Waals surface area contributed by atoms with Crippen LogP contribution < -0.4 is 0 Å². The second kappa shape index (κ2) is 10.9. The number of aliphatic carboxylic acids is 1. The fourth-order valence-corrected chi connectivity index (χ4v) is 4.82. The molecule has 0 radical (unpaired) electrons. The average molecular weight is 515 g/mol. The Balaban J connectivity index is 0.000000429. The van der Waals surface area contributed by atoms with E-state index in [4.69, 9.17) is 16.7 Å². The molecule has 0 bridgehead atoms. The van der Waals surface area contributed by atoms with Crippen molar-refractivity contribution in [1.82, 2.24) is 8.54 Å². The molecule has 4 aromatic rings. The Morgan fingerprint density at radius 1 is 1.03 bits per heavy atom. The van der Waals surface area contributed by atoms with Crippen LogP contribution in [0.1, 0.15) is 37.6 Å². The normalized spacial score (nSPS) is 12.6. The summed E-state index contributed by atoms with van der Waals surface area (Å²) in [7, 11) is -3.54. The summed E-state index contributed by atoms with van der Waals surface area (Å²) in [5.74, 6) is -1.07. The van der Waals surface area contributed by atoms with Gasteiger partial charge in [-0.25, -0.2) is 12.4 Å². The number of carboxylic acid groups (broad SMARTS) is 1. The number of carboxylic acids is 1. The SMILES string of the molecule is CC(=O)n1ccc2cc(C=CCS(=O)(=O)n3ccc4cc(Cl)ccc43)ccc21.CCC(C)C(=O)O. The van der Waals surface area contributed by atoms with Crippen molar-refractivity contribution in [3.05, 3.63) is 77.6 Å². The number of hydrogen-bond donors (Lipinski definition) is 1. The minimum Gasteiger partial charge on any atom is -0.481 e. The largest absolute Gasteiger partial charge is 0.481 e. The molecule has 2 heterocycles. The van der Waals surface area contributed by atoms with Crippen LogP contribution in [0.15, 0.2) is 67.0 Å². The zero-order valence-electron chi connectivity index (χ0n) is 19.7. The zero-order valence-corrected chi connectivity index (χ0v) is 21.3. The summed E-state index contributed by atoms with van der Waals surface area (Å²) in [5, 5.41) is 10.5. The molecule has 1 N–H and O–H groups in total. The standard InChI is InChI=1S/C21H17ClN2O3S.C5H10O2/c1-15(25)23-10-8-17-13-16(4-6-20(17)23)3-2-12-28(26,27)24-11-9-18-14-19(22)5-7-21(18)24;1-3-4(2)5(6)7/h2-11,13-14H,12H2,1H3;4H,3H2,1-2H3,(H,6,7). The van der Waals surface area contributed by atoms with Crippen LogP contribution in [0.2, 0.25) is 5.02 Å². The first kappa shape index (κ1) is 26.2. The molecule has 35 heavy (non-hydrogen) atoms. The molecule has 0 aliphatic carbocycles. The lowest BCUT2D eigenvalue weighted by Gasteiger charge is -2.05. The maximum Gasteiger partial charge on any atom is 0.306 e. The van der Waals surface area contributed by atoms with Gasteiger partial charge in [-0.2, -0.15) is 0 Å². The Morgan fingerprint density at radius 3 is 2.31 bits per heavy atom. The molecule has 0 amide bonds. The van der Waals surface area contributed by atoms with Gasteiger partial charge in [-0.05, 0) is 54.4 Å². The Morgan fingerprint density at radius 2 is 1.69 bits per heavy atom. The van der Waals surface area contributed by atoms with E-state index >= 15 is 0 Å². The van der Waals surface area contributed by atoms with Crippen molar-refractivity contribution < 1.29 is 23.1 Å². The summed E-state index contributed by atoms with van der Waals surface area (Å²) in [4.78, 5) is 21.5. The Kier molecular flexibility index (Phi) is 8.19. The van der Waals surface area contributed by atoms with E-state index in [1.165, 1.54) is 10.9 Å². The van der Waals surface area contributed by atoms with Gasteiger partial charge in [0.15, 0.2) is 0 Å². The smallest absolute Gasteiger partial charge is 0.306 e.